The van der Waals surface area contributed by atoms with E-state index in [1.807, 2.05) is 6.20 Å². The molecular formula is C22H27N5O2S. The van der Waals surface area contributed by atoms with Gasteiger partial charge in [0.2, 0.25) is 16.9 Å². The van der Waals surface area contributed by atoms with E-state index in [0.29, 0.717) is 18.2 Å². The van der Waals surface area contributed by atoms with Crippen LogP contribution in [-0.4, -0.2) is 45.0 Å². The highest BCUT2D eigenvalue weighted by Crippen LogP contribution is 2.24. The molecule has 3 heterocycles. The van der Waals surface area contributed by atoms with Crippen molar-refractivity contribution < 1.29 is 9.59 Å². The van der Waals surface area contributed by atoms with Crippen molar-refractivity contribution in [2.24, 2.45) is 5.92 Å². The number of carbonyl (C=O) groups is 2. The summed E-state index contributed by atoms with van der Waals surface area (Å²) in [5.74, 6) is -0.454. The average molecular weight is 426 g/mol. The van der Waals surface area contributed by atoms with Crippen molar-refractivity contribution >= 4 is 39.2 Å². The SMILES string of the molecule is CCCCc1nnc(NC(=O)[C@H]2CC(=O)N(CCc3c[nH]c4ccc(C)cc34)C2)s1. The van der Waals surface area contributed by atoms with Gasteiger partial charge in [-0.1, -0.05) is 36.3 Å². The zero-order valence-corrected chi connectivity index (χ0v) is 18.2. The molecule has 0 aliphatic carbocycles. The van der Waals surface area contributed by atoms with Crippen LogP contribution in [0, 0.1) is 12.8 Å². The van der Waals surface area contributed by atoms with Gasteiger partial charge in [0.1, 0.15) is 5.01 Å². The van der Waals surface area contributed by atoms with Gasteiger partial charge in [-0.2, -0.15) is 0 Å². The van der Waals surface area contributed by atoms with E-state index in [-0.39, 0.29) is 24.2 Å². The molecule has 2 N–H and O–H groups in total. The van der Waals surface area contributed by atoms with Crippen LogP contribution in [0.2, 0.25) is 0 Å². The lowest BCUT2D eigenvalue weighted by Gasteiger charge is -2.16. The summed E-state index contributed by atoms with van der Waals surface area (Å²) in [6.45, 7) is 5.28. The number of hydrogen-bond acceptors (Lipinski definition) is 5. The molecular weight excluding hydrogens is 398 g/mol. The standard InChI is InChI=1S/C22H27N5O2S/c1-3-4-5-19-25-26-22(30-19)24-21(29)16-11-20(28)27(13-16)9-8-15-12-23-18-7-6-14(2)10-17(15)18/h6-7,10,12,16,23H,3-5,8-9,11,13H2,1-2H3,(H,24,26,29)/t16-/m0/s1. The summed E-state index contributed by atoms with van der Waals surface area (Å²) in [5, 5.41) is 13.7. The van der Waals surface area contributed by atoms with Crippen molar-refractivity contribution in [3.8, 4) is 0 Å². The first-order valence-electron chi connectivity index (χ1n) is 10.5. The molecule has 0 radical (unpaired) electrons. The van der Waals surface area contributed by atoms with E-state index < -0.39 is 0 Å². The van der Waals surface area contributed by atoms with Crippen molar-refractivity contribution in [1.82, 2.24) is 20.1 Å². The lowest BCUT2D eigenvalue weighted by Crippen LogP contribution is -2.30. The van der Waals surface area contributed by atoms with Crippen LogP contribution in [0.3, 0.4) is 0 Å². The largest absolute Gasteiger partial charge is 0.361 e. The Balaban J connectivity index is 1.32. The van der Waals surface area contributed by atoms with Gasteiger partial charge in [0, 0.05) is 43.0 Å². The normalized spacial score (nSPS) is 16.5. The monoisotopic (exact) mass is 425 g/mol. The molecule has 0 unspecified atom stereocenters. The van der Waals surface area contributed by atoms with E-state index in [4.69, 9.17) is 0 Å². The van der Waals surface area contributed by atoms with Crippen molar-refractivity contribution in [2.75, 3.05) is 18.4 Å². The first kappa shape index (κ1) is 20.5. The molecule has 4 rings (SSSR count). The molecule has 2 aromatic heterocycles. The fourth-order valence-electron chi connectivity index (χ4n) is 3.86. The quantitative estimate of drug-likeness (QED) is 0.576. The molecule has 1 aliphatic rings. The first-order valence-corrected chi connectivity index (χ1v) is 11.3. The number of unbranched alkanes of at least 4 members (excludes halogenated alkanes) is 1. The molecule has 0 spiro atoms. The van der Waals surface area contributed by atoms with Crippen LogP contribution in [-0.2, 0) is 22.4 Å². The highest BCUT2D eigenvalue weighted by Gasteiger charge is 2.34. The Labute approximate surface area is 179 Å². The first-order chi connectivity index (χ1) is 14.5. The predicted octanol–water partition coefficient (Wildman–Crippen LogP) is 3.70. The zero-order chi connectivity index (χ0) is 21.1. The number of carbonyl (C=O) groups excluding carboxylic acids is 2. The third-order valence-electron chi connectivity index (χ3n) is 5.60. The summed E-state index contributed by atoms with van der Waals surface area (Å²) in [7, 11) is 0. The maximum atomic E-state index is 12.6. The third-order valence-corrected chi connectivity index (χ3v) is 6.50. The highest BCUT2D eigenvalue weighted by molar-refractivity contribution is 7.15. The van der Waals surface area contributed by atoms with Gasteiger partial charge >= 0.3 is 0 Å². The van der Waals surface area contributed by atoms with Crippen molar-refractivity contribution in [1.29, 1.82) is 0 Å². The topological polar surface area (TPSA) is 91.0 Å². The van der Waals surface area contributed by atoms with Crippen LogP contribution in [0.25, 0.3) is 10.9 Å². The molecule has 1 aromatic carbocycles. The molecule has 8 heteroatoms. The summed E-state index contributed by atoms with van der Waals surface area (Å²) in [5.41, 5.74) is 3.52. The van der Waals surface area contributed by atoms with Crippen molar-refractivity contribution in [3.63, 3.8) is 0 Å². The Morgan fingerprint density at radius 3 is 3.03 bits per heavy atom. The van der Waals surface area contributed by atoms with E-state index in [0.717, 1.165) is 36.2 Å². The molecule has 0 saturated carbocycles. The van der Waals surface area contributed by atoms with Gasteiger partial charge in [0.05, 0.1) is 5.92 Å². The van der Waals surface area contributed by atoms with E-state index >= 15 is 0 Å². The third kappa shape index (κ3) is 4.53. The maximum Gasteiger partial charge on any atom is 0.231 e. The number of nitrogens with one attached hydrogen (secondary N) is 2. The fourth-order valence-corrected chi connectivity index (χ4v) is 4.64. The Kier molecular flexibility index (Phi) is 6.13. The number of aryl methyl sites for hydroxylation is 2. The van der Waals surface area contributed by atoms with Gasteiger partial charge in [-0.05, 0) is 37.5 Å². The van der Waals surface area contributed by atoms with Gasteiger partial charge in [-0.3, -0.25) is 9.59 Å². The molecule has 1 fully saturated rings. The van der Waals surface area contributed by atoms with Crippen LogP contribution >= 0.6 is 11.3 Å². The molecule has 3 aromatic rings. The molecule has 1 atom stereocenters. The van der Waals surface area contributed by atoms with Gasteiger partial charge in [-0.25, -0.2) is 0 Å². The minimum absolute atomic E-state index is 0.0343. The number of anilines is 1. The second-order valence-corrected chi connectivity index (χ2v) is 9.01. The van der Waals surface area contributed by atoms with Gasteiger partial charge in [0.25, 0.3) is 0 Å². The number of rotatable bonds is 8. The Morgan fingerprint density at radius 2 is 2.20 bits per heavy atom. The van der Waals surface area contributed by atoms with Crippen LogP contribution in [0.15, 0.2) is 24.4 Å². The Hall–Kier alpha value is -2.74. The minimum Gasteiger partial charge on any atom is -0.361 e. The molecule has 158 valence electrons. The Morgan fingerprint density at radius 1 is 1.33 bits per heavy atom. The number of aromatic amines is 1. The summed E-state index contributed by atoms with van der Waals surface area (Å²) in [4.78, 5) is 30.2. The summed E-state index contributed by atoms with van der Waals surface area (Å²) < 4.78 is 0. The van der Waals surface area contributed by atoms with E-state index in [1.165, 1.54) is 27.8 Å². The zero-order valence-electron chi connectivity index (χ0n) is 17.4. The smallest absolute Gasteiger partial charge is 0.231 e. The summed E-state index contributed by atoms with van der Waals surface area (Å²) in [6, 6.07) is 6.33. The molecule has 1 saturated heterocycles. The lowest BCUT2D eigenvalue weighted by molar-refractivity contribution is -0.128. The van der Waals surface area contributed by atoms with Crippen LogP contribution in [0.4, 0.5) is 5.13 Å². The van der Waals surface area contributed by atoms with Crippen LogP contribution in [0.1, 0.15) is 42.3 Å². The molecule has 2 amide bonds. The van der Waals surface area contributed by atoms with Gasteiger partial charge in [-0.15, -0.1) is 10.2 Å². The number of fused-ring (bicyclic) bond motifs is 1. The second-order valence-electron chi connectivity index (χ2n) is 7.95. The fraction of sp³-hybridized carbons (Fsp3) is 0.455. The number of hydrogen-bond donors (Lipinski definition) is 2. The number of aromatic nitrogens is 3. The van der Waals surface area contributed by atoms with Crippen LogP contribution < -0.4 is 5.32 Å². The summed E-state index contributed by atoms with van der Waals surface area (Å²) in [6.07, 6.45) is 6.07. The van der Waals surface area contributed by atoms with Gasteiger partial charge in [0.15, 0.2) is 0 Å². The maximum absolute atomic E-state index is 12.6. The second kappa shape index (κ2) is 8.95. The number of likely N-dealkylation sites (tertiary alicyclic amines) is 1. The van der Waals surface area contributed by atoms with E-state index in [9.17, 15) is 9.59 Å². The molecule has 7 nitrogen and oxygen atoms in total. The number of amides is 2. The summed E-state index contributed by atoms with van der Waals surface area (Å²) >= 11 is 1.42. The molecule has 1 aliphatic heterocycles. The van der Waals surface area contributed by atoms with Crippen molar-refractivity contribution in [3.05, 3.63) is 40.5 Å². The lowest BCUT2D eigenvalue weighted by atomic mass is 10.1. The van der Waals surface area contributed by atoms with E-state index in [2.05, 4.69) is 52.5 Å². The van der Waals surface area contributed by atoms with E-state index in [1.54, 1.807) is 4.90 Å². The van der Waals surface area contributed by atoms with Crippen LogP contribution in [0.5, 0.6) is 0 Å². The Bertz CT molecular complexity index is 1060. The number of nitrogens with zero attached hydrogens (tertiary/aromatic N) is 3. The van der Waals surface area contributed by atoms with Crippen molar-refractivity contribution in [2.45, 2.75) is 46.0 Å². The number of benzene rings is 1. The number of H-pyrrole nitrogens is 1. The average Bonchev–Trinajstić information content (AvgIpc) is 3.43. The predicted molar refractivity (Wildman–Crippen MR) is 119 cm³/mol. The van der Waals surface area contributed by atoms with Gasteiger partial charge < -0.3 is 15.2 Å². The molecule has 0 bridgehead atoms. The minimum atomic E-state index is -0.342. The highest BCUT2D eigenvalue weighted by atomic mass is 32.1. The molecule has 30 heavy (non-hydrogen) atoms.